The van der Waals surface area contributed by atoms with Gasteiger partial charge in [-0.3, -0.25) is 0 Å². The van der Waals surface area contributed by atoms with E-state index >= 15 is 0 Å². The molecule has 102 valence electrons. The van der Waals surface area contributed by atoms with Gasteiger partial charge in [-0.1, -0.05) is 26.0 Å². The smallest absolute Gasteiger partial charge is 0.122 e. The first-order valence-corrected chi connectivity index (χ1v) is 6.54. The molecule has 0 bridgehead atoms. The molecule has 1 aromatic carbocycles. The van der Waals surface area contributed by atoms with Crippen molar-refractivity contribution < 1.29 is 4.74 Å². The van der Waals surface area contributed by atoms with E-state index in [-0.39, 0.29) is 5.92 Å². The Kier molecular flexibility index (Phi) is 4.22. The number of H-pyrrole nitrogens is 1. The van der Waals surface area contributed by atoms with Crippen LogP contribution in [-0.4, -0.2) is 23.6 Å². The monoisotopic (exact) mass is 259 g/mol. The zero-order chi connectivity index (χ0) is 13.8. The highest BCUT2D eigenvalue weighted by Crippen LogP contribution is 2.31. The largest absolute Gasteiger partial charge is 0.496 e. The van der Waals surface area contributed by atoms with Crippen molar-refractivity contribution in [2.75, 3.05) is 13.7 Å². The van der Waals surface area contributed by atoms with E-state index in [4.69, 9.17) is 10.5 Å². The van der Waals surface area contributed by atoms with Gasteiger partial charge in [0.1, 0.15) is 11.6 Å². The topological polar surface area (TPSA) is 63.9 Å². The molecule has 4 heteroatoms. The maximum atomic E-state index is 5.90. The third-order valence-corrected chi connectivity index (χ3v) is 3.36. The van der Waals surface area contributed by atoms with E-state index in [1.54, 1.807) is 13.3 Å². The average Bonchev–Trinajstić information content (AvgIpc) is 2.93. The summed E-state index contributed by atoms with van der Waals surface area (Å²) in [6, 6.07) is 6.24. The predicted octanol–water partition coefficient (Wildman–Crippen LogP) is 2.63. The van der Waals surface area contributed by atoms with Gasteiger partial charge in [-0.2, -0.15) is 0 Å². The van der Waals surface area contributed by atoms with Gasteiger partial charge >= 0.3 is 0 Å². The van der Waals surface area contributed by atoms with E-state index in [1.807, 2.05) is 12.3 Å². The zero-order valence-electron chi connectivity index (χ0n) is 11.7. The summed E-state index contributed by atoms with van der Waals surface area (Å²) in [6.07, 6.45) is 3.58. The summed E-state index contributed by atoms with van der Waals surface area (Å²) in [5.74, 6) is 2.33. The van der Waals surface area contributed by atoms with Crippen LogP contribution in [0, 0.1) is 0 Å². The summed E-state index contributed by atoms with van der Waals surface area (Å²) >= 11 is 0. The molecule has 19 heavy (non-hydrogen) atoms. The van der Waals surface area contributed by atoms with Crippen LogP contribution in [0.2, 0.25) is 0 Å². The van der Waals surface area contributed by atoms with Crippen LogP contribution in [0.4, 0.5) is 0 Å². The van der Waals surface area contributed by atoms with Crippen molar-refractivity contribution in [3.63, 3.8) is 0 Å². The van der Waals surface area contributed by atoms with Gasteiger partial charge in [0.2, 0.25) is 0 Å². The SMILES string of the molecule is COc1ccc(C(CN)c2ncc[nH]2)cc1C(C)C. The van der Waals surface area contributed by atoms with Crippen LogP contribution >= 0.6 is 0 Å². The standard InChI is InChI=1S/C15H21N3O/c1-10(2)12-8-11(4-5-14(12)19-3)13(9-16)15-17-6-7-18-15/h4-8,10,13H,9,16H2,1-3H3,(H,17,18). The maximum absolute atomic E-state index is 5.90. The van der Waals surface area contributed by atoms with Gasteiger partial charge in [0.25, 0.3) is 0 Å². The van der Waals surface area contributed by atoms with Gasteiger partial charge in [-0.15, -0.1) is 0 Å². The maximum Gasteiger partial charge on any atom is 0.122 e. The second kappa shape index (κ2) is 5.89. The number of ether oxygens (including phenoxy) is 1. The summed E-state index contributed by atoms with van der Waals surface area (Å²) < 4.78 is 5.41. The second-order valence-corrected chi connectivity index (χ2v) is 4.92. The lowest BCUT2D eigenvalue weighted by atomic mass is 9.92. The van der Waals surface area contributed by atoms with Crippen LogP contribution < -0.4 is 10.5 Å². The van der Waals surface area contributed by atoms with E-state index in [0.717, 1.165) is 11.6 Å². The molecule has 0 fully saturated rings. The zero-order valence-corrected chi connectivity index (χ0v) is 11.7. The van der Waals surface area contributed by atoms with Gasteiger partial charge in [-0.05, 0) is 23.1 Å². The van der Waals surface area contributed by atoms with Crippen LogP contribution in [0.25, 0.3) is 0 Å². The van der Waals surface area contributed by atoms with E-state index in [1.165, 1.54) is 11.1 Å². The van der Waals surface area contributed by atoms with Crippen LogP contribution in [-0.2, 0) is 0 Å². The molecule has 3 N–H and O–H groups in total. The number of aromatic amines is 1. The number of hydrogen-bond donors (Lipinski definition) is 2. The van der Waals surface area contributed by atoms with Crippen molar-refractivity contribution >= 4 is 0 Å². The minimum atomic E-state index is 0.0957. The Balaban J connectivity index is 2.42. The van der Waals surface area contributed by atoms with Crippen molar-refractivity contribution in [2.45, 2.75) is 25.7 Å². The number of hydrogen-bond acceptors (Lipinski definition) is 3. The molecule has 0 saturated heterocycles. The van der Waals surface area contributed by atoms with E-state index in [9.17, 15) is 0 Å². The van der Waals surface area contributed by atoms with Gasteiger partial charge < -0.3 is 15.5 Å². The quantitative estimate of drug-likeness (QED) is 0.867. The molecule has 1 atom stereocenters. The summed E-state index contributed by atoms with van der Waals surface area (Å²) in [5, 5.41) is 0. The first kappa shape index (κ1) is 13.6. The minimum absolute atomic E-state index is 0.0957. The van der Waals surface area contributed by atoms with Crippen LogP contribution in [0.15, 0.2) is 30.6 Å². The fraction of sp³-hybridized carbons (Fsp3) is 0.400. The molecule has 0 aliphatic rings. The second-order valence-electron chi connectivity index (χ2n) is 4.92. The third kappa shape index (κ3) is 2.79. The van der Waals surface area contributed by atoms with E-state index in [2.05, 4.69) is 35.9 Å². The molecule has 0 aliphatic carbocycles. The van der Waals surface area contributed by atoms with Crippen LogP contribution in [0.1, 0.15) is 42.6 Å². The first-order valence-electron chi connectivity index (χ1n) is 6.54. The van der Waals surface area contributed by atoms with E-state index in [0.29, 0.717) is 12.5 Å². The van der Waals surface area contributed by atoms with Gasteiger partial charge in [-0.25, -0.2) is 4.98 Å². The summed E-state index contributed by atoms with van der Waals surface area (Å²) in [7, 11) is 1.70. The summed E-state index contributed by atoms with van der Waals surface area (Å²) in [4.78, 5) is 7.46. The van der Waals surface area contributed by atoms with Crippen molar-refractivity contribution in [1.29, 1.82) is 0 Å². The molecular weight excluding hydrogens is 238 g/mol. The van der Waals surface area contributed by atoms with Crippen LogP contribution in [0.5, 0.6) is 5.75 Å². The van der Waals surface area contributed by atoms with Crippen molar-refractivity contribution in [2.24, 2.45) is 5.73 Å². The fourth-order valence-corrected chi connectivity index (χ4v) is 2.29. The number of methoxy groups -OCH3 is 1. The van der Waals surface area contributed by atoms with Crippen molar-refractivity contribution in [1.82, 2.24) is 9.97 Å². The molecule has 4 nitrogen and oxygen atoms in total. The minimum Gasteiger partial charge on any atom is -0.496 e. The molecule has 1 aromatic heterocycles. The normalized spacial score (nSPS) is 12.7. The van der Waals surface area contributed by atoms with E-state index < -0.39 is 0 Å². The molecule has 2 rings (SSSR count). The lowest BCUT2D eigenvalue weighted by molar-refractivity contribution is 0.407. The number of nitrogens with two attached hydrogens (primary N) is 1. The molecule has 0 aliphatic heterocycles. The Bertz CT molecular complexity index is 520. The number of benzene rings is 1. The molecule has 1 unspecified atom stereocenters. The summed E-state index contributed by atoms with van der Waals surface area (Å²) in [5.41, 5.74) is 8.27. The number of rotatable bonds is 5. The number of imidazole rings is 1. The third-order valence-electron chi connectivity index (χ3n) is 3.36. The van der Waals surface area contributed by atoms with Crippen molar-refractivity contribution in [3.8, 4) is 5.75 Å². The Morgan fingerprint density at radius 2 is 2.16 bits per heavy atom. The number of nitrogens with one attached hydrogen (secondary N) is 1. The lowest BCUT2D eigenvalue weighted by Gasteiger charge is -2.17. The molecule has 0 saturated carbocycles. The molecule has 0 spiro atoms. The molecular formula is C15H21N3O. The number of aromatic nitrogens is 2. The van der Waals surface area contributed by atoms with Gasteiger partial charge in [0.15, 0.2) is 0 Å². The molecule has 0 amide bonds. The summed E-state index contributed by atoms with van der Waals surface area (Å²) in [6.45, 7) is 4.84. The highest BCUT2D eigenvalue weighted by atomic mass is 16.5. The predicted molar refractivity (Wildman–Crippen MR) is 76.6 cm³/mol. The average molecular weight is 259 g/mol. The van der Waals surface area contributed by atoms with Gasteiger partial charge in [0.05, 0.1) is 13.0 Å². The molecule has 0 radical (unpaired) electrons. The highest BCUT2D eigenvalue weighted by Gasteiger charge is 2.17. The fourth-order valence-electron chi connectivity index (χ4n) is 2.29. The molecule has 1 heterocycles. The Morgan fingerprint density at radius 3 is 2.68 bits per heavy atom. The van der Waals surface area contributed by atoms with Crippen molar-refractivity contribution in [3.05, 3.63) is 47.5 Å². The number of nitrogens with zero attached hydrogens (tertiary/aromatic N) is 1. The first-order chi connectivity index (χ1) is 9.17. The van der Waals surface area contributed by atoms with Gasteiger partial charge in [0, 0.05) is 18.9 Å². The Hall–Kier alpha value is -1.81. The lowest BCUT2D eigenvalue weighted by Crippen LogP contribution is -2.15. The highest BCUT2D eigenvalue weighted by molar-refractivity contribution is 5.42. The van der Waals surface area contributed by atoms with Crippen LogP contribution in [0.3, 0.4) is 0 Å². The Morgan fingerprint density at radius 1 is 1.37 bits per heavy atom. The Labute approximate surface area is 114 Å². The molecule has 2 aromatic rings.